The van der Waals surface area contributed by atoms with Gasteiger partial charge in [-0.3, -0.25) is 0 Å². The second-order valence-corrected chi connectivity index (χ2v) is 2.77. The summed E-state index contributed by atoms with van der Waals surface area (Å²) in [6.07, 6.45) is -1.83. The first-order chi connectivity index (χ1) is 5.00. The van der Waals surface area contributed by atoms with Crippen molar-refractivity contribution in [2.45, 2.75) is 31.5 Å². The van der Waals surface area contributed by atoms with Crippen molar-refractivity contribution >= 4 is 0 Å². The second-order valence-electron chi connectivity index (χ2n) is 2.77. The SMILES string of the molecule is NC1CCC=C(C(F)(F)F)C1. The normalized spacial score (nSPS) is 26.5. The van der Waals surface area contributed by atoms with Crippen LogP contribution >= 0.6 is 0 Å². The van der Waals surface area contributed by atoms with Crippen LogP contribution in [0, 0.1) is 0 Å². The van der Waals surface area contributed by atoms with Crippen molar-refractivity contribution in [2.24, 2.45) is 5.73 Å². The lowest BCUT2D eigenvalue weighted by molar-refractivity contribution is -0.0955. The molecule has 11 heavy (non-hydrogen) atoms. The van der Waals surface area contributed by atoms with E-state index in [-0.39, 0.29) is 12.5 Å². The van der Waals surface area contributed by atoms with Gasteiger partial charge in [-0.15, -0.1) is 0 Å². The van der Waals surface area contributed by atoms with E-state index in [2.05, 4.69) is 0 Å². The second kappa shape index (κ2) is 2.85. The van der Waals surface area contributed by atoms with Crippen LogP contribution in [0.1, 0.15) is 19.3 Å². The average molecular weight is 165 g/mol. The molecule has 0 aromatic carbocycles. The fourth-order valence-electron chi connectivity index (χ4n) is 1.17. The Kier molecular flexibility index (Phi) is 2.23. The summed E-state index contributed by atoms with van der Waals surface area (Å²) in [6, 6.07) is -0.309. The summed E-state index contributed by atoms with van der Waals surface area (Å²) >= 11 is 0. The zero-order valence-electron chi connectivity index (χ0n) is 5.99. The molecule has 0 aromatic rings. The topological polar surface area (TPSA) is 26.0 Å². The van der Waals surface area contributed by atoms with E-state index in [1.807, 2.05) is 0 Å². The van der Waals surface area contributed by atoms with Crippen molar-refractivity contribution in [3.63, 3.8) is 0 Å². The highest BCUT2D eigenvalue weighted by molar-refractivity contribution is 5.13. The Labute approximate surface area is 63.1 Å². The minimum absolute atomic E-state index is 0.0243. The Bertz CT molecular complexity index is 171. The molecule has 1 aliphatic carbocycles. The van der Waals surface area contributed by atoms with E-state index in [0.29, 0.717) is 12.8 Å². The van der Waals surface area contributed by atoms with Gasteiger partial charge in [0.15, 0.2) is 0 Å². The van der Waals surface area contributed by atoms with Crippen molar-refractivity contribution in [1.29, 1.82) is 0 Å². The Morgan fingerprint density at radius 2 is 2.09 bits per heavy atom. The number of nitrogens with two attached hydrogens (primary N) is 1. The first-order valence-electron chi connectivity index (χ1n) is 3.52. The molecule has 1 nitrogen and oxygen atoms in total. The van der Waals surface area contributed by atoms with E-state index in [0.717, 1.165) is 0 Å². The van der Waals surface area contributed by atoms with Gasteiger partial charge < -0.3 is 5.73 Å². The van der Waals surface area contributed by atoms with Crippen molar-refractivity contribution in [1.82, 2.24) is 0 Å². The molecule has 0 saturated carbocycles. The fraction of sp³-hybridized carbons (Fsp3) is 0.714. The quantitative estimate of drug-likeness (QED) is 0.546. The minimum atomic E-state index is -4.17. The maximum atomic E-state index is 12.0. The summed E-state index contributed by atoms with van der Waals surface area (Å²) in [4.78, 5) is 0. The Balaban J connectivity index is 2.65. The Morgan fingerprint density at radius 3 is 2.45 bits per heavy atom. The van der Waals surface area contributed by atoms with Crippen LogP contribution in [0.25, 0.3) is 0 Å². The molecule has 2 N–H and O–H groups in total. The zero-order valence-corrected chi connectivity index (χ0v) is 5.99. The molecule has 1 rings (SSSR count). The molecule has 0 spiro atoms. The number of hydrogen-bond acceptors (Lipinski definition) is 1. The third kappa shape index (κ3) is 2.22. The Morgan fingerprint density at radius 1 is 1.45 bits per heavy atom. The lowest BCUT2D eigenvalue weighted by Gasteiger charge is -2.20. The lowest BCUT2D eigenvalue weighted by Crippen LogP contribution is -2.27. The summed E-state index contributed by atoms with van der Waals surface area (Å²) in [7, 11) is 0. The number of halogens is 3. The van der Waals surface area contributed by atoms with Gasteiger partial charge in [-0.2, -0.15) is 13.2 Å². The first kappa shape index (κ1) is 8.59. The molecule has 0 fully saturated rings. The monoisotopic (exact) mass is 165 g/mol. The van der Waals surface area contributed by atoms with Crippen LogP contribution < -0.4 is 5.73 Å². The zero-order chi connectivity index (χ0) is 8.48. The molecule has 0 amide bonds. The van der Waals surface area contributed by atoms with Gasteiger partial charge in [0.25, 0.3) is 0 Å². The molecule has 0 aromatic heterocycles. The van der Waals surface area contributed by atoms with Gasteiger partial charge in [0.1, 0.15) is 0 Å². The molecule has 0 heterocycles. The molecule has 1 aliphatic rings. The van der Waals surface area contributed by atoms with E-state index in [1.54, 1.807) is 0 Å². The molecular formula is C7H10F3N. The van der Waals surface area contributed by atoms with Crippen LogP contribution in [0.3, 0.4) is 0 Å². The standard InChI is InChI=1S/C7H10F3N/c8-7(9,10)5-2-1-3-6(11)4-5/h2,6H,1,3-4,11H2. The van der Waals surface area contributed by atoms with Crippen molar-refractivity contribution in [3.8, 4) is 0 Å². The van der Waals surface area contributed by atoms with E-state index in [1.165, 1.54) is 6.08 Å². The van der Waals surface area contributed by atoms with Gasteiger partial charge in [0, 0.05) is 11.6 Å². The molecule has 0 radical (unpaired) electrons. The Hall–Kier alpha value is -0.510. The molecule has 0 saturated heterocycles. The highest BCUT2D eigenvalue weighted by Gasteiger charge is 2.35. The van der Waals surface area contributed by atoms with E-state index >= 15 is 0 Å². The third-order valence-electron chi connectivity index (χ3n) is 1.77. The van der Waals surface area contributed by atoms with Gasteiger partial charge in [0.05, 0.1) is 0 Å². The van der Waals surface area contributed by atoms with Crippen LogP contribution in [0.15, 0.2) is 11.6 Å². The molecular weight excluding hydrogens is 155 g/mol. The van der Waals surface area contributed by atoms with Crippen LogP contribution in [-0.2, 0) is 0 Å². The number of alkyl halides is 3. The van der Waals surface area contributed by atoms with Gasteiger partial charge in [-0.25, -0.2) is 0 Å². The average Bonchev–Trinajstić information content (AvgIpc) is 1.86. The molecule has 0 bridgehead atoms. The summed E-state index contributed by atoms with van der Waals surface area (Å²) in [6.45, 7) is 0. The summed E-state index contributed by atoms with van der Waals surface area (Å²) in [5, 5.41) is 0. The molecule has 1 unspecified atom stereocenters. The number of rotatable bonds is 0. The molecule has 1 atom stereocenters. The van der Waals surface area contributed by atoms with Crippen LogP contribution in [-0.4, -0.2) is 12.2 Å². The van der Waals surface area contributed by atoms with Gasteiger partial charge in [-0.1, -0.05) is 6.08 Å². The summed E-state index contributed by atoms with van der Waals surface area (Å²) < 4.78 is 36.0. The van der Waals surface area contributed by atoms with Gasteiger partial charge in [-0.05, 0) is 19.3 Å². The van der Waals surface area contributed by atoms with Gasteiger partial charge >= 0.3 is 6.18 Å². The highest BCUT2D eigenvalue weighted by atomic mass is 19.4. The van der Waals surface area contributed by atoms with E-state index < -0.39 is 11.7 Å². The summed E-state index contributed by atoms with van der Waals surface area (Å²) in [5.74, 6) is 0. The largest absolute Gasteiger partial charge is 0.412 e. The van der Waals surface area contributed by atoms with Crippen LogP contribution in [0.5, 0.6) is 0 Å². The smallest absolute Gasteiger partial charge is 0.327 e. The lowest BCUT2D eigenvalue weighted by atomic mass is 9.95. The first-order valence-corrected chi connectivity index (χ1v) is 3.52. The van der Waals surface area contributed by atoms with Crippen LogP contribution in [0.4, 0.5) is 13.2 Å². The van der Waals surface area contributed by atoms with Crippen LogP contribution in [0.2, 0.25) is 0 Å². The minimum Gasteiger partial charge on any atom is -0.327 e. The predicted molar refractivity (Wildman–Crippen MR) is 36.0 cm³/mol. The maximum Gasteiger partial charge on any atom is 0.412 e. The summed E-state index contributed by atoms with van der Waals surface area (Å²) in [5.41, 5.74) is 4.92. The molecule has 0 aliphatic heterocycles. The maximum absolute atomic E-state index is 12.0. The molecule has 4 heteroatoms. The predicted octanol–water partition coefficient (Wildman–Crippen LogP) is 1.99. The molecule has 64 valence electrons. The van der Waals surface area contributed by atoms with Crippen molar-refractivity contribution in [2.75, 3.05) is 0 Å². The van der Waals surface area contributed by atoms with E-state index in [4.69, 9.17) is 5.73 Å². The van der Waals surface area contributed by atoms with Crippen molar-refractivity contribution in [3.05, 3.63) is 11.6 Å². The van der Waals surface area contributed by atoms with Gasteiger partial charge in [0.2, 0.25) is 0 Å². The number of allylic oxidation sites excluding steroid dienone is 1. The van der Waals surface area contributed by atoms with Crippen molar-refractivity contribution < 1.29 is 13.2 Å². The van der Waals surface area contributed by atoms with E-state index in [9.17, 15) is 13.2 Å². The third-order valence-corrected chi connectivity index (χ3v) is 1.77. The highest BCUT2D eigenvalue weighted by Crippen LogP contribution is 2.32. The number of hydrogen-bond donors (Lipinski definition) is 1. The fourth-order valence-corrected chi connectivity index (χ4v) is 1.17.